The summed E-state index contributed by atoms with van der Waals surface area (Å²) in [6.45, 7) is 8.30. The van der Waals surface area contributed by atoms with E-state index < -0.39 is 11.2 Å². The highest BCUT2D eigenvalue weighted by molar-refractivity contribution is 8.00. The average molecular weight is 375 g/mol. The largest absolute Gasteiger partial charge is 0.384 e. The molecule has 1 aromatic carbocycles. The van der Waals surface area contributed by atoms with Gasteiger partial charge in [0.25, 0.3) is 5.56 Å². The van der Waals surface area contributed by atoms with Gasteiger partial charge in [-0.05, 0) is 38.3 Å². The highest BCUT2D eigenvalue weighted by Crippen LogP contribution is 2.28. The van der Waals surface area contributed by atoms with Gasteiger partial charge in [0.05, 0.1) is 5.75 Å². The summed E-state index contributed by atoms with van der Waals surface area (Å²) in [4.78, 5) is 38.4. The van der Waals surface area contributed by atoms with Gasteiger partial charge in [-0.1, -0.05) is 24.6 Å². The van der Waals surface area contributed by atoms with E-state index in [1.54, 1.807) is 0 Å². The first-order valence-electron chi connectivity index (χ1n) is 8.52. The van der Waals surface area contributed by atoms with Gasteiger partial charge in [-0.25, -0.2) is 4.79 Å². The summed E-state index contributed by atoms with van der Waals surface area (Å²) >= 11 is 1.39. The van der Waals surface area contributed by atoms with E-state index in [-0.39, 0.29) is 22.9 Å². The number of nitrogen functional groups attached to an aromatic ring is 1. The molecule has 140 valence electrons. The summed E-state index contributed by atoms with van der Waals surface area (Å²) in [6.07, 6.45) is 0.673. The molecule has 0 atom stereocenters. The Morgan fingerprint density at radius 3 is 2.27 bits per heavy atom. The van der Waals surface area contributed by atoms with E-state index in [0.29, 0.717) is 13.0 Å². The van der Waals surface area contributed by atoms with E-state index in [2.05, 4.69) is 12.1 Å². The third-order valence-electron chi connectivity index (χ3n) is 4.26. The van der Waals surface area contributed by atoms with Gasteiger partial charge in [-0.3, -0.25) is 18.7 Å². The quantitative estimate of drug-likeness (QED) is 0.619. The van der Waals surface area contributed by atoms with Crippen molar-refractivity contribution in [3.8, 4) is 0 Å². The molecule has 0 saturated carbocycles. The number of nitrogens with zero attached hydrogens (tertiary/aromatic N) is 2. The van der Waals surface area contributed by atoms with E-state index >= 15 is 0 Å². The molecule has 2 rings (SSSR count). The molecule has 0 fully saturated rings. The number of benzene rings is 1. The van der Waals surface area contributed by atoms with Crippen molar-refractivity contribution in [2.24, 2.45) is 7.05 Å². The number of ketones is 1. The van der Waals surface area contributed by atoms with E-state index in [0.717, 1.165) is 20.6 Å². The summed E-state index contributed by atoms with van der Waals surface area (Å²) < 4.78 is 2.24. The lowest BCUT2D eigenvalue weighted by Gasteiger charge is -2.14. The maximum absolute atomic E-state index is 12.7. The van der Waals surface area contributed by atoms with Crippen LogP contribution in [-0.4, -0.2) is 20.7 Å². The number of carbonyl (C=O) groups is 1. The van der Waals surface area contributed by atoms with Gasteiger partial charge in [-0.2, -0.15) is 0 Å². The molecule has 0 amide bonds. The number of nitrogens with two attached hydrogens (primary N) is 1. The van der Waals surface area contributed by atoms with Crippen molar-refractivity contribution in [3.63, 3.8) is 0 Å². The van der Waals surface area contributed by atoms with Crippen LogP contribution in [0, 0.1) is 20.8 Å². The molecular weight excluding hydrogens is 350 g/mol. The SMILES string of the molecule is CCCn1c(N)c(C(=O)CSc2c(C)cc(C)cc2C)c(=O)n(C)c1=O. The summed E-state index contributed by atoms with van der Waals surface area (Å²) in [6, 6.07) is 4.13. The Bertz CT molecular complexity index is 950. The molecule has 0 aliphatic carbocycles. The van der Waals surface area contributed by atoms with Gasteiger partial charge in [0.15, 0.2) is 5.78 Å². The van der Waals surface area contributed by atoms with Gasteiger partial charge in [0.2, 0.25) is 0 Å². The molecule has 2 N–H and O–H groups in total. The van der Waals surface area contributed by atoms with Crippen LogP contribution >= 0.6 is 11.8 Å². The molecule has 1 heterocycles. The van der Waals surface area contributed by atoms with Crippen LogP contribution in [-0.2, 0) is 13.6 Å². The van der Waals surface area contributed by atoms with Crippen LogP contribution in [0.1, 0.15) is 40.4 Å². The standard InChI is InChI=1S/C19H25N3O3S/c1-6-7-22-17(20)15(18(24)21(5)19(22)25)14(23)10-26-16-12(3)8-11(2)9-13(16)4/h8-9H,6-7,10,20H2,1-5H3. The first kappa shape index (κ1) is 20.0. The Hall–Kier alpha value is -2.28. The Morgan fingerprint density at radius 1 is 1.15 bits per heavy atom. The Morgan fingerprint density at radius 2 is 1.73 bits per heavy atom. The van der Waals surface area contributed by atoms with Crippen LogP contribution in [0.4, 0.5) is 5.82 Å². The average Bonchev–Trinajstić information content (AvgIpc) is 2.56. The van der Waals surface area contributed by atoms with Crippen molar-refractivity contribution >= 4 is 23.4 Å². The first-order valence-corrected chi connectivity index (χ1v) is 9.50. The molecule has 0 aliphatic rings. The van der Waals surface area contributed by atoms with Crippen LogP contribution in [0.3, 0.4) is 0 Å². The lowest BCUT2D eigenvalue weighted by Crippen LogP contribution is -2.42. The molecule has 0 spiro atoms. The van der Waals surface area contributed by atoms with Gasteiger partial charge in [0.1, 0.15) is 11.4 Å². The molecule has 0 radical (unpaired) electrons. The molecular formula is C19H25N3O3S. The zero-order valence-electron chi connectivity index (χ0n) is 15.9. The van der Waals surface area contributed by atoms with E-state index in [4.69, 9.17) is 5.73 Å². The molecule has 6 nitrogen and oxygen atoms in total. The van der Waals surface area contributed by atoms with Crippen molar-refractivity contribution in [3.05, 3.63) is 55.2 Å². The summed E-state index contributed by atoms with van der Waals surface area (Å²) in [5, 5.41) is 0. The fourth-order valence-corrected chi connectivity index (χ4v) is 4.08. The molecule has 7 heteroatoms. The number of Topliss-reactive ketones (excluding diaryl/α,β-unsaturated/α-hetero) is 1. The Balaban J connectivity index is 2.40. The number of hydrogen-bond acceptors (Lipinski definition) is 5. The van der Waals surface area contributed by atoms with Gasteiger partial charge in [0, 0.05) is 18.5 Å². The van der Waals surface area contributed by atoms with Crippen molar-refractivity contribution in [1.29, 1.82) is 0 Å². The molecule has 0 bridgehead atoms. The van der Waals surface area contributed by atoms with Crippen molar-refractivity contribution in [2.75, 3.05) is 11.5 Å². The van der Waals surface area contributed by atoms with E-state index in [1.807, 2.05) is 27.7 Å². The highest BCUT2D eigenvalue weighted by Gasteiger charge is 2.21. The molecule has 26 heavy (non-hydrogen) atoms. The lowest BCUT2D eigenvalue weighted by molar-refractivity contribution is 0.102. The number of carbonyl (C=O) groups excluding carboxylic acids is 1. The van der Waals surface area contributed by atoms with Crippen LogP contribution in [0.25, 0.3) is 0 Å². The summed E-state index contributed by atoms with van der Waals surface area (Å²) in [7, 11) is 1.37. The smallest absolute Gasteiger partial charge is 0.332 e. The second-order valence-electron chi connectivity index (χ2n) is 6.50. The van der Waals surface area contributed by atoms with E-state index in [9.17, 15) is 14.4 Å². The third-order valence-corrected chi connectivity index (χ3v) is 5.60. The minimum atomic E-state index is -0.636. The second kappa shape index (κ2) is 7.95. The highest BCUT2D eigenvalue weighted by atomic mass is 32.2. The Kier molecular flexibility index (Phi) is 6.13. The van der Waals surface area contributed by atoms with Crippen LogP contribution in [0.5, 0.6) is 0 Å². The first-order chi connectivity index (χ1) is 12.2. The number of anilines is 1. The molecule has 0 unspecified atom stereocenters. The van der Waals surface area contributed by atoms with Crippen LogP contribution in [0.2, 0.25) is 0 Å². The molecule has 1 aromatic heterocycles. The summed E-state index contributed by atoms with van der Waals surface area (Å²) in [5.41, 5.74) is 8.13. The fourth-order valence-electron chi connectivity index (χ4n) is 3.09. The second-order valence-corrected chi connectivity index (χ2v) is 7.48. The van der Waals surface area contributed by atoms with Crippen LogP contribution in [0.15, 0.2) is 26.6 Å². The number of aryl methyl sites for hydroxylation is 3. The molecule has 2 aromatic rings. The van der Waals surface area contributed by atoms with Gasteiger partial charge >= 0.3 is 5.69 Å². The van der Waals surface area contributed by atoms with E-state index in [1.165, 1.54) is 28.9 Å². The minimum Gasteiger partial charge on any atom is -0.384 e. The number of hydrogen-bond donors (Lipinski definition) is 1. The van der Waals surface area contributed by atoms with Crippen molar-refractivity contribution in [1.82, 2.24) is 9.13 Å². The van der Waals surface area contributed by atoms with Crippen molar-refractivity contribution < 1.29 is 4.79 Å². The zero-order valence-corrected chi connectivity index (χ0v) is 16.7. The summed E-state index contributed by atoms with van der Waals surface area (Å²) in [5.74, 6) is -0.311. The fraction of sp³-hybridized carbons (Fsp3) is 0.421. The lowest BCUT2D eigenvalue weighted by atomic mass is 10.1. The van der Waals surface area contributed by atoms with Gasteiger partial charge in [-0.15, -0.1) is 11.8 Å². The minimum absolute atomic E-state index is 0.0390. The van der Waals surface area contributed by atoms with Crippen molar-refractivity contribution in [2.45, 2.75) is 45.6 Å². The predicted octanol–water partition coefficient (Wildman–Crippen LogP) is 2.44. The Labute approximate surface area is 157 Å². The van der Waals surface area contributed by atoms with Crippen LogP contribution < -0.4 is 17.0 Å². The third kappa shape index (κ3) is 3.77. The van der Waals surface area contributed by atoms with Gasteiger partial charge < -0.3 is 5.73 Å². The number of thioether (sulfide) groups is 1. The normalized spacial score (nSPS) is 11.0. The number of aromatic nitrogens is 2. The molecule has 0 saturated heterocycles. The zero-order chi connectivity index (χ0) is 19.6. The number of rotatable bonds is 6. The predicted molar refractivity (Wildman–Crippen MR) is 106 cm³/mol. The monoisotopic (exact) mass is 375 g/mol. The maximum atomic E-state index is 12.7. The molecule has 0 aliphatic heterocycles. The maximum Gasteiger partial charge on any atom is 0.332 e. The topological polar surface area (TPSA) is 87.1 Å².